The predicted octanol–water partition coefficient (Wildman–Crippen LogP) is 2.01. The van der Waals surface area contributed by atoms with Crippen LogP contribution in [0.25, 0.3) is 0 Å². The van der Waals surface area contributed by atoms with Crippen LogP contribution in [0.4, 0.5) is 0 Å². The van der Waals surface area contributed by atoms with E-state index in [1.54, 1.807) is 6.20 Å². The smallest absolute Gasteiger partial charge is 0.187 e. The second-order valence-electron chi connectivity index (χ2n) is 2.11. The van der Waals surface area contributed by atoms with E-state index in [-0.39, 0.29) is 5.78 Å². The largest absolute Gasteiger partial charge is 0.293 e. The molecule has 0 saturated carbocycles. The lowest BCUT2D eigenvalue weighted by molar-refractivity contribution is 0.101. The van der Waals surface area contributed by atoms with Gasteiger partial charge >= 0.3 is 0 Å². The molecule has 0 bridgehead atoms. The number of carbonyl (C=O) groups is 1. The normalized spacial score (nSPS) is 9.92. The summed E-state index contributed by atoms with van der Waals surface area (Å²) in [5.41, 5.74) is 0.509. The summed E-state index contributed by atoms with van der Waals surface area (Å²) in [5, 5.41) is 0.639. The molecule has 0 fully saturated rings. The third-order valence-corrected chi connectivity index (χ3v) is 2.59. The Bertz CT molecular complexity index is 316. The molecule has 0 aliphatic carbocycles. The van der Waals surface area contributed by atoms with Crippen molar-refractivity contribution in [2.24, 2.45) is 0 Å². The minimum absolute atomic E-state index is 0.0166. The first kappa shape index (κ1) is 9.91. The molecule has 3 nitrogen and oxygen atoms in total. The molecule has 1 rings (SSSR count). The lowest BCUT2D eigenvalue weighted by Crippen LogP contribution is -2.02. The van der Waals surface area contributed by atoms with Crippen LogP contribution in [0.2, 0.25) is 0 Å². The van der Waals surface area contributed by atoms with Crippen LogP contribution in [0.3, 0.4) is 0 Å². The maximum Gasteiger partial charge on any atom is 0.187 e. The molecule has 0 aliphatic rings. The van der Waals surface area contributed by atoms with Crippen molar-refractivity contribution in [2.45, 2.75) is 12.1 Å². The Morgan fingerprint density at radius 1 is 1.67 bits per heavy atom. The van der Waals surface area contributed by atoms with E-state index >= 15 is 0 Å². The molecule has 12 heavy (non-hydrogen) atoms. The molecule has 1 aromatic heterocycles. The fraction of sp³-hybridized carbons (Fsp3) is 0.286. The standard InChI is InChI=1S/C7H7IN2OS/c1-4(11)6-5(8)3-9-7(10-6)12-2/h3H,1-2H3. The third kappa shape index (κ3) is 2.16. The number of rotatable bonds is 2. The average molecular weight is 294 g/mol. The molecule has 0 aromatic carbocycles. The van der Waals surface area contributed by atoms with E-state index in [0.717, 1.165) is 3.57 Å². The number of thioether (sulfide) groups is 1. The highest BCUT2D eigenvalue weighted by Crippen LogP contribution is 2.13. The Morgan fingerprint density at radius 3 is 2.83 bits per heavy atom. The first-order valence-corrected chi connectivity index (χ1v) is 5.53. The van der Waals surface area contributed by atoms with Crippen LogP contribution in [-0.2, 0) is 0 Å². The minimum atomic E-state index is -0.0166. The zero-order valence-electron chi connectivity index (χ0n) is 6.67. The second-order valence-corrected chi connectivity index (χ2v) is 4.05. The summed E-state index contributed by atoms with van der Waals surface area (Å²) in [4.78, 5) is 19.1. The SMILES string of the molecule is CSc1ncc(I)c(C(C)=O)n1. The van der Waals surface area contributed by atoms with Gasteiger partial charge < -0.3 is 0 Å². The molecule has 0 unspecified atom stereocenters. The quantitative estimate of drug-likeness (QED) is 0.362. The Kier molecular flexibility index (Phi) is 3.45. The number of hydrogen-bond acceptors (Lipinski definition) is 4. The summed E-state index contributed by atoms with van der Waals surface area (Å²) >= 11 is 3.48. The fourth-order valence-electron chi connectivity index (χ4n) is 0.696. The number of aromatic nitrogens is 2. The van der Waals surface area contributed by atoms with E-state index in [9.17, 15) is 4.79 Å². The van der Waals surface area contributed by atoms with Crippen molar-refractivity contribution in [3.05, 3.63) is 15.5 Å². The van der Waals surface area contributed by atoms with Crippen molar-refractivity contribution < 1.29 is 4.79 Å². The van der Waals surface area contributed by atoms with E-state index in [1.165, 1.54) is 18.7 Å². The number of halogens is 1. The van der Waals surface area contributed by atoms with Crippen molar-refractivity contribution in [1.29, 1.82) is 0 Å². The van der Waals surface area contributed by atoms with Gasteiger partial charge in [0, 0.05) is 13.1 Å². The summed E-state index contributed by atoms with van der Waals surface area (Å²) in [7, 11) is 0. The van der Waals surface area contributed by atoms with Crippen molar-refractivity contribution in [1.82, 2.24) is 9.97 Å². The summed E-state index contributed by atoms with van der Waals surface area (Å²) in [5.74, 6) is -0.0166. The van der Waals surface area contributed by atoms with Gasteiger partial charge in [-0.3, -0.25) is 4.79 Å². The molecule has 0 spiro atoms. The van der Waals surface area contributed by atoms with Crippen LogP contribution < -0.4 is 0 Å². The van der Waals surface area contributed by atoms with Crippen molar-refractivity contribution in [3.63, 3.8) is 0 Å². The molecule has 0 amide bonds. The van der Waals surface area contributed by atoms with Gasteiger partial charge in [-0.2, -0.15) is 0 Å². The fourth-order valence-corrected chi connectivity index (χ4v) is 1.68. The zero-order valence-corrected chi connectivity index (χ0v) is 9.64. The number of nitrogens with zero attached hydrogens (tertiary/aromatic N) is 2. The van der Waals surface area contributed by atoms with Crippen molar-refractivity contribution >= 4 is 40.1 Å². The molecule has 0 N–H and O–H groups in total. The first-order chi connectivity index (χ1) is 5.65. The monoisotopic (exact) mass is 294 g/mol. The molecule has 0 aliphatic heterocycles. The highest BCUT2D eigenvalue weighted by Gasteiger charge is 2.08. The molecule has 0 atom stereocenters. The van der Waals surface area contributed by atoms with E-state index in [0.29, 0.717) is 10.9 Å². The van der Waals surface area contributed by atoms with E-state index in [4.69, 9.17) is 0 Å². The van der Waals surface area contributed by atoms with E-state index < -0.39 is 0 Å². The Hall–Kier alpha value is -0.170. The van der Waals surface area contributed by atoms with Gasteiger partial charge in [0.05, 0.1) is 3.57 Å². The number of Topliss-reactive ketones (excluding diaryl/α,β-unsaturated/α-hetero) is 1. The summed E-state index contributed by atoms with van der Waals surface area (Å²) in [6.45, 7) is 1.51. The van der Waals surface area contributed by atoms with Gasteiger partial charge in [-0.05, 0) is 28.8 Å². The van der Waals surface area contributed by atoms with Gasteiger partial charge in [0.2, 0.25) is 0 Å². The van der Waals surface area contributed by atoms with Gasteiger partial charge in [-0.15, -0.1) is 0 Å². The summed E-state index contributed by atoms with van der Waals surface area (Å²) < 4.78 is 0.804. The molecule has 1 aromatic rings. The van der Waals surface area contributed by atoms with E-state index in [2.05, 4.69) is 32.6 Å². The maximum absolute atomic E-state index is 11.0. The molecule has 64 valence electrons. The van der Waals surface area contributed by atoms with Gasteiger partial charge in [0.1, 0.15) is 5.69 Å². The van der Waals surface area contributed by atoms with Crippen LogP contribution in [0, 0.1) is 3.57 Å². The minimum Gasteiger partial charge on any atom is -0.293 e. The number of carbonyl (C=O) groups excluding carboxylic acids is 1. The molecule has 0 saturated heterocycles. The summed E-state index contributed by atoms with van der Waals surface area (Å²) in [6, 6.07) is 0. The third-order valence-electron chi connectivity index (χ3n) is 1.24. The van der Waals surface area contributed by atoms with Crippen LogP contribution in [-0.4, -0.2) is 22.0 Å². The topological polar surface area (TPSA) is 42.9 Å². The molecule has 1 heterocycles. The van der Waals surface area contributed by atoms with Crippen LogP contribution >= 0.6 is 34.4 Å². The van der Waals surface area contributed by atoms with E-state index in [1.807, 2.05) is 6.26 Å². The van der Waals surface area contributed by atoms with Crippen LogP contribution in [0.15, 0.2) is 11.4 Å². The second kappa shape index (κ2) is 4.18. The average Bonchev–Trinajstić information content (AvgIpc) is 2.05. The first-order valence-electron chi connectivity index (χ1n) is 3.22. The highest BCUT2D eigenvalue weighted by molar-refractivity contribution is 14.1. The van der Waals surface area contributed by atoms with Crippen LogP contribution in [0.5, 0.6) is 0 Å². The van der Waals surface area contributed by atoms with Crippen molar-refractivity contribution in [2.75, 3.05) is 6.26 Å². The maximum atomic E-state index is 11.0. The Balaban J connectivity index is 3.17. The molecule has 0 radical (unpaired) electrons. The molecule has 5 heteroatoms. The molecular weight excluding hydrogens is 287 g/mol. The van der Waals surface area contributed by atoms with Gasteiger partial charge in [0.25, 0.3) is 0 Å². The predicted molar refractivity (Wildman–Crippen MR) is 56.5 cm³/mol. The summed E-state index contributed by atoms with van der Waals surface area (Å²) in [6.07, 6.45) is 3.54. The van der Waals surface area contributed by atoms with Gasteiger partial charge in [-0.1, -0.05) is 11.8 Å². The molecular formula is C7H7IN2OS. The number of hydrogen-bond donors (Lipinski definition) is 0. The lowest BCUT2D eigenvalue weighted by Gasteiger charge is -1.99. The Labute approximate surface area is 88.5 Å². The highest BCUT2D eigenvalue weighted by atomic mass is 127. The van der Waals surface area contributed by atoms with Gasteiger partial charge in [-0.25, -0.2) is 9.97 Å². The zero-order chi connectivity index (χ0) is 9.14. The van der Waals surface area contributed by atoms with Crippen LogP contribution in [0.1, 0.15) is 17.4 Å². The van der Waals surface area contributed by atoms with Crippen molar-refractivity contribution in [3.8, 4) is 0 Å². The number of ketones is 1. The lowest BCUT2D eigenvalue weighted by atomic mass is 10.3. The Morgan fingerprint density at radius 2 is 2.33 bits per heavy atom. The van der Waals surface area contributed by atoms with Gasteiger partial charge in [0.15, 0.2) is 10.9 Å².